The fourth-order valence-corrected chi connectivity index (χ4v) is 2.69. The highest BCUT2D eigenvalue weighted by atomic mass is 35.5. The Morgan fingerprint density at radius 2 is 2.10 bits per heavy atom. The zero-order valence-corrected chi connectivity index (χ0v) is 13.7. The minimum atomic E-state index is 0.0758. The summed E-state index contributed by atoms with van der Waals surface area (Å²) in [7, 11) is 0. The summed E-state index contributed by atoms with van der Waals surface area (Å²) in [6.45, 7) is 9.06. The Balaban J connectivity index is 2.05. The van der Waals surface area contributed by atoms with E-state index in [0.29, 0.717) is 5.22 Å². The molecule has 1 N–H and O–H groups in total. The number of nitrogens with one attached hydrogen (secondary N) is 1. The van der Waals surface area contributed by atoms with Crippen LogP contribution in [0.5, 0.6) is 0 Å². The molecular formula is C15H19ClN2OS. The lowest BCUT2D eigenvalue weighted by Gasteiger charge is -2.21. The average Bonchev–Trinajstić information content (AvgIpc) is 2.72. The number of aromatic nitrogens is 1. The van der Waals surface area contributed by atoms with Gasteiger partial charge in [-0.1, -0.05) is 17.7 Å². The maximum Gasteiger partial charge on any atom is 0.260 e. The van der Waals surface area contributed by atoms with Crippen LogP contribution in [-0.4, -0.2) is 10.5 Å². The highest BCUT2D eigenvalue weighted by molar-refractivity contribution is 7.99. The third-order valence-corrected chi connectivity index (χ3v) is 3.84. The van der Waals surface area contributed by atoms with Crippen molar-refractivity contribution < 1.29 is 4.42 Å². The molecule has 1 aromatic heterocycles. The maximum atomic E-state index is 6.33. The van der Waals surface area contributed by atoms with E-state index >= 15 is 0 Å². The zero-order chi connectivity index (χ0) is 14.8. The topological polar surface area (TPSA) is 38.1 Å². The van der Waals surface area contributed by atoms with E-state index in [2.05, 4.69) is 31.1 Å². The zero-order valence-electron chi connectivity index (χ0n) is 12.2. The first kappa shape index (κ1) is 15.4. The first-order valence-corrected chi connectivity index (χ1v) is 7.66. The van der Waals surface area contributed by atoms with E-state index in [1.807, 2.05) is 25.1 Å². The van der Waals surface area contributed by atoms with Crippen molar-refractivity contribution in [2.24, 2.45) is 0 Å². The van der Waals surface area contributed by atoms with Crippen molar-refractivity contribution in [2.45, 2.75) is 49.9 Å². The van der Waals surface area contributed by atoms with Gasteiger partial charge in [0.2, 0.25) is 0 Å². The first-order chi connectivity index (χ1) is 9.33. The molecular weight excluding hydrogens is 292 g/mol. The molecule has 0 radical (unpaired) electrons. The summed E-state index contributed by atoms with van der Waals surface area (Å²) in [5.74, 6) is 0. The quantitative estimate of drug-likeness (QED) is 0.890. The third kappa shape index (κ3) is 4.54. The molecule has 0 saturated heterocycles. The van der Waals surface area contributed by atoms with Gasteiger partial charge in [-0.25, -0.2) is 4.98 Å². The van der Waals surface area contributed by atoms with Gasteiger partial charge >= 0.3 is 0 Å². The van der Waals surface area contributed by atoms with Gasteiger partial charge in [0.05, 0.1) is 5.69 Å². The molecule has 20 heavy (non-hydrogen) atoms. The van der Waals surface area contributed by atoms with Crippen LogP contribution in [0.3, 0.4) is 0 Å². The fourth-order valence-electron chi connectivity index (χ4n) is 1.58. The molecule has 0 aliphatic rings. The third-order valence-electron chi connectivity index (χ3n) is 2.64. The number of hydrogen-bond donors (Lipinski definition) is 1. The number of aryl methyl sites for hydroxylation is 1. The van der Waals surface area contributed by atoms with Gasteiger partial charge in [0.1, 0.15) is 6.26 Å². The normalized spacial score (nSPS) is 11.8. The second-order valence-electron chi connectivity index (χ2n) is 5.71. The molecule has 0 fully saturated rings. The number of benzene rings is 1. The van der Waals surface area contributed by atoms with Crippen molar-refractivity contribution >= 4 is 23.4 Å². The minimum absolute atomic E-state index is 0.0758. The van der Waals surface area contributed by atoms with Crippen LogP contribution in [0.1, 0.15) is 32.0 Å². The molecule has 5 heteroatoms. The molecule has 2 rings (SSSR count). The largest absolute Gasteiger partial charge is 0.439 e. The smallest absolute Gasteiger partial charge is 0.260 e. The van der Waals surface area contributed by atoms with Gasteiger partial charge in [-0.2, -0.15) is 0 Å². The predicted octanol–water partition coefficient (Wildman–Crippen LogP) is 4.68. The van der Waals surface area contributed by atoms with Crippen LogP contribution in [-0.2, 0) is 6.54 Å². The Morgan fingerprint density at radius 3 is 2.65 bits per heavy atom. The van der Waals surface area contributed by atoms with Gasteiger partial charge in [-0.3, -0.25) is 0 Å². The van der Waals surface area contributed by atoms with Crippen LogP contribution in [0.2, 0.25) is 5.02 Å². The molecule has 0 aliphatic heterocycles. The highest BCUT2D eigenvalue weighted by Gasteiger charge is 2.11. The number of halogens is 1. The second-order valence-corrected chi connectivity index (χ2v) is 7.15. The van der Waals surface area contributed by atoms with Crippen molar-refractivity contribution in [3.05, 3.63) is 40.7 Å². The summed E-state index contributed by atoms with van der Waals surface area (Å²) in [6.07, 6.45) is 1.64. The van der Waals surface area contributed by atoms with Crippen LogP contribution in [0.25, 0.3) is 0 Å². The Morgan fingerprint density at radius 1 is 1.35 bits per heavy atom. The molecule has 0 atom stereocenters. The van der Waals surface area contributed by atoms with Crippen LogP contribution < -0.4 is 5.32 Å². The van der Waals surface area contributed by atoms with E-state index < -0.39 is 0 Å². The van der Waals surface area contributed by atoms with E-state index in [1.54, 1.807) is 6.26 Å². The van der Waals surface area contributed by atoms with Gasteiger partial charge in [0.15, 0.2) is 0 Å². The van der Waals surface area contributed by atoms with Crippen LogP contribution in [0, 0.1) is 6.92 Å². The van der Waals surface area contributed by atoms with Gasteiger partial charge < -0.3 is 9.73 Å². The number of nitrogens with zero attached hydrogens (tertiary/aromatic N) is 1. The van der Waals surface area contributed by atoms with Crippen molar-refractivity contribution in [2.75, 3.05) is 0 Å². The van der Waals surface area contributed by atoms with Gasteiger partial charge in [0, 0.05) is 22.0 Å². The molecule has 2 aromatic rings. The second kappa shape index (κ2) is 6.20. The maximum absolute atomic E-state index is 6.33. The lowest BCUT2D eigenvalue weighted by molar-refractivity contribution is 0.424. The Hall–Kier alpha value is -0.970. The number of oxazole rings is 1. The van der Waals surface area contributed by atoms with E-state index in [1.165, 1.54) is 11.8 Å². The molecule has 1 heterocycles. The Bertz CT molecular complexity index is 590. The Kier molecular flexibility index (Phi) is 4.78. The highest BCUT2D eigenvalue weighted by Crippen LogP contribution is 2.30. The molecule has 1 aromatic carbocycles. The summed E-state index contributed by atoms with van der Waals surface area (Å²) >= 11 is 7.80. The van der Waals surface area contributed by atoms with Crippen molar-refractivity contribution in [1.82, 2.24) is 10.3 Å². The molecule has 0 unspecified atom stereocenters. The van der Waals surface area contributed by atoms with Gasteiger partial charge in [-0.05, 0) is 57.2 Å². The van der Waals surface area contributed by atoms with Crippen LogP contribution in [0.4, 0.5) is 0 Å². The monoisotopic (exact) mass is 310 g/mol. The summed E-state index contributed by atoms with van der Waals surface area (Å²) < 4.78 is 5.33. The van der Waals surface area contributed by atoms with E-state index in [9.17, 15) is 0 Å². The fraction of sp³-hybridized carbons (Fsp3) is 0.400. The van der Waals surface area contributed by atoms with Crippen molar-refractivity contribution in [1.29, 1.82) is 0 Å². The average molecular weight is 311 g/mol. The number of rotatable bonds is 4. The molecule has 0 bridgehead atoms. The summed E-state index contributed by atoms with van der Waals surface area (Å²) in [5, 5.41) is 4.83. The van der Waals surface area contributed by atoms with Crippen molar-refractivity contribution in [3.8, 4) is 0 Å². The Labute approximate surface area is 129 Å². The van der Waals surface area contributed by atoms with Crippen molar-refractivity contribution in [3.63, 3.8) is 0 Å². The van der Waals surface area contributed by atoms with Gasteiger partial charge in [-0.15, -0.1) is 0 Å². The lowest BCUT2D eigenvalue weighted by Crippen LogP contribution is -2.35. The summed E-state index contributed by atoms with van der Waals surface area (Å²) in [6, 6.07) is 6.03. The number of hydrogen-bond acceptors (Lipinski definition) is 4. The summed E-state index contributed by atoms with van der Waals surface area (Å²) in [5.41, 5.74) is 2.05. The van der Waals surface area contributed by atoms with Gasteiger partial charge in [0.25, 0.3) is 5.22 Å². The molecule has 0 spiro atoms. The minimum Gasteiger partial charge on any atom is -0.439 e. The van der Waals surface area contributed by atoms with E-state index in [4.69, 9.17) is 16.0 Å². The molecule has 3 nitrogen and oxygen atoms in total. The van der Waals surface area contributed by atoms with E-state index in [-0.39, 0.29) is 5.54 Å². The lowest BCUT2D eigenvalue weighted by atomic mass is 10.1. The molecule has 0 amide bonds. The standard InChI is InChI=1S/C15H19ClN2OS/c1-10-9-19-14(18-10)20-12-6-5-11(13(16)7-12)8-17-15(2,3)4/h5-7,9,17H,8H2,1-4H3. The molecule has 0 saturated carbocycles. The predicted molar refractivity (Wildman–Crippen MR) is 83.4 cm³/mol. The summed E-state index contributed by atoms with van der Waals surface area (Å²) in [4.78, 5) is 5.29. The molecule has 0 aliphatic carbocycles. The molecule has 108 valence electrons. The van der Waals surface area contributed by atoms with Crippen LogP contribution in [0.15, 0.2) is 39.0 Å². The first-order valence-electron chi connectivity index (χ1n) is 6.47. The van der Waals surface area contributed by atoms with E-state index in [0.717, 1.165) is 27.7 Å². The SMILES string of the molecule is Cc1coc(Sc2ccc(CNC(C)(C)C)c(Cl)c2)n1. The van der Waals surface area contributed by atoms with Crippen LogP contribution >= 0.6 is 23.4 Å².